The highest BCUT2D eigenvalue weighted by Gasteiger charge is 2.18. The fourth-order valence-corrected chi connectivity index (χ4v) is 2.93. The van der Waals surface area contributed by atoms with Crippen LogP contribution < -0.4 is 10.6 Å². The molecule has 1 heterocycles. The smallest absolute Gasteiger partial charge is 0.274 e. The van der Waals surface area contributed by atoms with Crippen LogP contribution in [0.2, 0.25) is 0 Å². The highest BCUT2D eigenvalue weighted by molar-refractivity contribution is 6.04. The third kappa shape index (κ3) is 5.50. The van der Waals surface area contributed by atoms with Gasteiger partial charge >= 0.3 is 0 Å². The number of anilines is 2. The standard InChI is InChI=1S/C21H30N4O2/c1-13(2)16-8-7-9-17(14(3)4)20(16)25-21(26)18-12-19(22-10-11-27-6)24-15(5)23-18/h7-9,12-14H,10-11H2,1-6H3,(H,25,26)(H,22,23,24). The number of hydrogen-bond donors (Lipinski definition) is 2. The van der Waals surface area contributed by atoms with Crippen molar-refractivity contribution in [3.63, 3.8) is 0 Å². The van der Waals surface area contributed by atoms with Crippen molar-refractivity contribution in [3.8, 4) is 0 Å². The number of hydrogen-bond acceptors (Lipinski definition) is 5. The summed E-state index contributed by atoms with van der Waals surface area (Å²) in [5.41, 5.74) is 3.48. The van der Waals surface area contributed by atoms with Crippen LogP contribution >= 0.6 is 0 Å². The van der Waals surface area contributed by atoms with Crippen LogP contribution in [0.3, 0.4) is 0 Å². The fourth-order valence-electron chi connectivity index (χ4n) is 2.93. The molecule has 6 heteroatoms. The van der Waals surface area contributed by atoms with Crippen molar-refractivity contribution >= 4 is 17.4 Å². The zero-order valence-electron chi connectivity index (χ0n) is 17.1. The Kier molecular flexibility index (Phi) is 7.30. The highest BCUT2D eigenvalue weighted by atomic mass is 16.5. The number of aryl methyl sites for hydroxylation is 1. The molecule has 0 fully saturated rings. The summed E-state index contributed by atoms with van der Waals surface area (Å²) in [7, 11) is 1.64. The summed E-state index contributed by atoms with van der Waals surface area (Å²) in [4.78, 5) is 21.6. The van der Waals surface area contributed by atoms with Crippen LogP contribution in [0.5, 0.6) is 0 Å². The molecule has 1 aromatic heterocycles. The molecule has 0 saturated heterocycles. The number of rotatable bonds is 8. The number of nitrogens with zero attached hydrogens (tertiary/aromatic N) is 2. The highest BCUT2D eigenvalue weighted by Crippen LogP contribution is 2.32. The topological polar surface area (TPSA) is 76.1 Å². The van der Waals surface area contributed by atoms with Gasteiger partial charge in [-0.3, -0.25) is 4.79 Å². The van der Waals surface area contributed by atoms with Crippen LogP contribution in [-0.2, 0) is 4.74 Å². The van der Waals surface area contributed by atoms with E-state index in [9.17, 15) is 4.79 Å². The van der Waals surface area contributed by atoms with Crippen LogP contribution in [0.25, 0.3) is 0 Å². The van der Waals surface area contributed by atoms with E-state index >= 15 is 0 Å². The zero-order valence-corrected chi connectivity index (χ0v) is 17.1. The van der Waals surface area contributed by atoms with Crippen LogP contribution in [0.15, 0.2) is 24.3 Å². The van der Waals surface area contributed by atoms with Crippen molar-refractivity contribution in [3.05, 3.63) is 46.9 Å². The predicted octanol–water partition coefficient (Wildman–Crippen LogP) is 4.34. The number of nitrogens with one attached hydrogen (secondary N) is 2. The third-order valence-electron chi connectivity index (χ3n) is 4.29. The van der Waals surface area contributed by atoms with Gasteiger partial charge in [-0.25, -0.2) is 9.97 Å². The molecule has 6 nitrogen and oxygen atoms in total. The van der Waals surface area contributed by atoms with Gasteiger partial charge in [-0.05, 0) is 29.9 Å². The van der Waals surface area contributed by atoms with Gasteiger partial charge in [0.2, 0.25) is 0 Å². The zero-order chi connectivity index (χ0) is 20.0. The molecule has 0 spiro atoms. The second kappa shape index (κ2) is 9.46. The first-order valence-electron chi connectivity index (χ1n) is 9.36. The van der Waals surface area contributed by atoms with Gasteiger partial charge in [0.05, 0.1) is 6.61 Å². The third-order valence-corrected chi connectivity index (χ3v) is 4.29. The van der Waals surface area contributed by atoms with E-state index in [1.165, 1.54) is 0 Å². The van der Waals surface area contributed by atoms with Gasteiger partial charge in [0.1, 0.15) is 17.3 Å². The van der Waals surface area contributed by atoms with Gasteiger partial charge in [-0.2, -0.15) is 0 Å². The first-order chi connectivity index (χ1) is 12.8. The average molecular weight is 370 g/mol. The summed E-state index contributed by atoms with van der Waals surface area (Å²) in [6.07, 6.45) is 0. The minimum Gasteiger partial charge on any atom is -0.383 e. The number of methoxy groups -OCH3 is 1. The molecule has 2 rings (SSSR count). The average Bonchev–Trinajstić information content (AvgIpc) is 2.61. The van der Waals surface area contributed by atoms with Gasteiger partial charge in [0, 0.05) is 25.4 Å². The van der Waals surface area contributed by atoms with Gasteiger partial charge in [0.15, 0.2) is 0 Å². The Bertz CT molecular complexity index is 761. The molecule has 2 N–H and O–H groups in total. The van der Waals surface area contributed by atoms with Crippen molar-refractivity contribution < 1.29 is 9.53 Å². The monoisotopic (exact) mass is 370 g/mol. The van der Waals surface area contributed by atoms with Crippen molar-refractivity contribution in [2.75, 3.05) is 30.9 Å². The molecule has 0 aliphatic carbocycles. The maximum atomic E-state index is 12.9. The van der Waals surface area contributed by atoms with Gasteiger partial charge in [-0.15, -0.1) is 0 Å². The van der Waals surface area contributed by atoms with E-state index in [-0.39, 0.29) is 5.91 Å². The maximum absolute atomic E-state index is 12.9. The number of carbonyl (C=O) groups excluding carboxylic acids is 1. The Morgan fingerprint density at radius 2 is 1.74 bits per heavy atom. The quantitative estimate of drug-likeness (QED) is 0.676. The number of aromatic nitrogens is 2. The predicted molar refractivity (Wildman–Crippen MR) is 110 cm³/mol. The van der Waals surface area contributed by atoms with Crippen molar-refractivity contribution in [1.82, 2.24) is 9.97 Å². The van der Waals surface area contributed by atoms with E-state index in [4.69, 9.17) is 4.74 Å². The van der Waals surface area contributed by atoms with E-state index in [0.29, 0.717) is 42.3 Å². The normalized spacial score (nSPS) is 11.1. The summed E-state index contributed by atoms with van der Waals surface area (Å²) in [5.74, 6) is 1.54. The summed E-state index contributed by atoms with van der Waals surface area (Å²) in [6.45, 7) is 11.5. The number of amides is 1. The molecule has 0 aliphatic heterocycles. The number of carbonyl (C=O) groups is 1. The van der Waals surface area contributed by atoms with Gasteiger partial charge in [-0.1, -0.05) is 45.9 Å². The van der Waals surface area contributed by atoms with E-state index in [1.54, 1.807) is 20.1 Å². The molecule has 0 bridgehead atoms. The molecular formula is C21H30N4O2. The minimum atomic E-state index is -0.231. The molecular weight excluding hydrogens is 340 g/mol. The summed E-state index contributed by atoms with van der Waals surface area (Å²) < 4.78 is 5.04. The second-order valence-corrected chi connectivity index (χ2v) is 7.18. The molecule has 146 valence electrons. The Labute approximate surface area is 161 Å². The Hall–Kier alpha value is -2.47. The summed E-state index contributed by atoms with van der Waals surface area (Å²) >= 11 is 0. The molecule has 1 amide bonds. The lowest BCUT2D eigenvalue weighted by molar-refractivity contribution is 0.102. The molecule has 0 radical (unpaired) electrons. The van der Waals surface area contributed by atoms with E-state index in [1.807, 2.05) is 6.07 Å². The maximum Gasteiger partial charge on any atom is 0.274 e. The molecule has 1 aromatic carbocycles. The van der Waals surface area contributed by atoms with Crippen molar-refractivity contribution in [1.29, 1.82) is 0 Å². The van der Waals surface area contributed by atoms with Crippen LogP contribution in [0, 0.1) is 6.92 Å². The second-order valence-electron chi connectivity index (χ2n) is 7.18. The summed E-state index contributed by atoms with van der Waals surface area (Å²) in [5, 5.41) is 6.25. The van der Waals surface area contributed by atoms with E-state index < -0.39 is 0 Å². The van der Waals surface area contributed by atoms with Gasteiger partial charge < -0.3 is 15.4 Å². The Balaban J connectivity index is 2.32. The molecule has 0 saturated carbocycles. The fraction of sp³-hybridized carbons (Fsp3) is 0.476. The van der Waals surface area contributed by atoms with Crippen molar-refractivity contribution in [2.24, 2.45) is 0 Å². The molecule has 0 atom stereocenters. The first kappa shape index (κ1) is 20.8. The number of ether oxygens (including phenoxy) is 1. The van der Waals surface area contributed by atoms with Crippen LogP contribution in [0.4, 0.5) is 11.5 Å². The number of para-hydroxylation sites is 1. The lowest BCUT2D eigenvalue weighted by atomic mass is 9.92. The molecule has 27 heavy (non-hydrogen) atoms. The van der Waals surface area contributed by atoms with E-state index in [2.05, 4.69) is 60.4 Å². The van der Waals surface area contributed by atoms with Crippen molar-refractivity contribution in [2.45, 2.75) is 46.5 Å². The largest absolute Gasteiger partial charge is 0.383 e. The summed E-state index contributed by atoms with van der Waals surface area (Å²) in [6, 6.07) is 7.85. The lowest BCUT2D eigenvalue weighted by Crippen LogP contribution is -2.19. The van der Waals surface area contributed by atoms with Crippen LogP contribution in [0.1, 0.15) is 67.0 Å². The molecule has 0 unspecified atom stereocenters. The SMILES string of the molecule is COCCNc1cc(C(=O)Nc2c(C(C)C)cccc2C(C)C)nc(C)n1. The van der Waals surface area contributed by atoms with Crippen LogP contribution in [-0.4, -0.2) is 36.1 Å². The number of benzene rings is 1. The lowest BCUT2D eigenvalue weighted by Gasteiger charge is -2.20. The minimum absolute atomic E-state index is 0.231. The first-order valence-corrected chi connectivity index (χ1v) is 9.36. The van der Waals surface area contributed by atoms with Gasteiger partial charge in [0.25, 0.3) is 5.91 Å². The van der Waals surface area contributed by atoms with E-state index in [0.717, 1.165) is 16.8 Å². The Morgan fingerprint density at radius 1 is 1.11 bits per heavy atom. The Morgan fingerprint density at radius 3 is 2.30 bits per heavy atom. The molecule has 0 aliphatic rings. The molecule has 2 aromatic rings.